The summed E-state index contributed by atoms with van der Waals surface area (Å²) in [5.74, 6) is -0.131. The fraction of sp³-hybridized carbons (Fsp3) is 0.880. The number of aliphatic hydroxyl groups excluding tert-OH is 1. The fourth-order valence-corrected chi connectivity index (χ4v) is 3.50. The van der Waals surface area contributed by atoms with Gasteiger partial charge in [-0.25, -0.2) is 4.79 Å². The van der Waals surface area contributed by atoms with Crippen LogP contribution in [-0.2, 0) is 52.2 Å². The van der Waals surface area contributed by atoms with Crippen LogP contribution in [0.15, 0.2) is 0 Å². The first kappa shape index (κ1) is 34.0. The zero-order valence-electron chi connectivity index (χ0n) is 23.3. The molecule has 0 aromatic rings. The van der Waals surface area contributed by atoms with Crippen LogP contribution in [0, 0.1) is 5.92 Å². The van der Waals surface area contributed by atoms with E-state index in [9.17, 15) is 19.5 Å². The van der Waals surface area contributed by atoms with Gasteiger partial charge >= 0.3 is 6.16 Å². The van der Waals surface area contributed by atoms with Crippen molar-refractivity contribution in [2.45, 2.75) is 76.2 Å². The SMILES string of the molecule is COCC(OC=O)C(C)(C)OCC(CCC(COC=O)OC)COCC(O)C(C)(C)OCC1COC(=O)O1. The maximum Gasteiger partial charge on any atom is 0.508 e. The molecule has 0 aromatic carbocycles. The topological polar surface area (TPSA) is 155 Å². The number of cyclic esters (lactones) is 2. The Labute approximate surface area is 224 Å². The van der Waals surface area contributed by atoms with Crippen molar-refractivity contribution in [1.29, 1.82) is 0 Å². The van der Waals surface area contributed by atoms with Crippen LogP contribution >= 0.6 is 0 Å². The van der Waals surface area contributed by atoms with Crippen LogP contribution in [0.5, 0.6) is 0 Å². The third kappa shape index (κ3) is 12.7. The van der Waals surface area contributed by atoms with Crippen LogP contribution < -0.4 is 0 Å². The van der Waals surface area contributed by atoms with Gasteiger partial charge < -0.3 is 47.7 Å². The van der Waals surface area contributed by atoms with Crippen molar-refractivity contribution in [2.75, 3.05) is 60.5 Å². The van der Waals surface area contributed by atoms with E-state index in [0.717, 1.165) is 0 Å². The van der Waals surface area contributed by atoms with E-state index in [4.69, 9.17) is 42.6 Å². The zero-order chi connectivity index (χ0) is 28.6. The van der Waals surface area contributed by atoms with Gasteiger partial charge in [-0.05, 0) is 40.5 Å². The minimum Gasteiger partial charge on any atom is -0.465 e. The van der Waals surface area contributed by atoms with Gasteiger partial charge in [-0.2, -0.15) is 0 Å². The molecule has 0 spiro atoms. The minimum absolute atomic E-state index is 0.0175. The average Bonchev–Trinajstić information content (AvgIpc) is 3.30. The van der Waals surface area contributed by atoms with E-state index in [1.807, 2.05) is 0 Å². The van der Waals surface area contributed by atoms with E-state index in [1.54, 1.807) is 27.7 Å². The van der Waals surface area contributed by atoms with E-state index < -0.39 is 35.7 Å². The molecular weight excluding hydrogens is 508 g/mol. The molecule has 0 aliphatic carbocycles. The molecule has 0 bridgehead atoms. The summed E-state index contributed by atoms with van der Waals surface area (Å²) in [7, 11) is 3.04. The molecule has 0 amide bonds. The second-order valence-electron chi connectivity index (χ2n) is 10.1. The molecule has 0 radical (unpaired) electrons. The van der Waals surface area contributed by atoms with Gasteiger partial charge in [-0.3, -0.25) is 9.59 Å². The molecule has 0 aromatic heterocycles. The average molecular weight is 553 g/mol. The summed E-state index contributed by atoms with van der Waals surface area (Å²) in [6.07, 6.45) is -2.00. The molecule has 13 nitrogen and oxygen atoms in total. The number of hydrogen-bond donors (Lipinski definition) is 1. The van der Waals surface area contributed by atoms with Gasteiger partial charge in [0.2, 0.25) is 0 Å². The van der Waals surface area contributed by atoms with Crippen molar-refractivity contribution in [3.05, 3.63) is 0 Å². The third-order valence-corrected chi connectivity index (χ3v) is 6.31. The molecule has 5 unspecified atom stereocenters. The molecule has 1 aliphatic heterocycles. The lowest BCUT2D eigenvalue weighted by atomic mass is 9.99. The number of rotatable bonds is 23. The molecule has 1 N–H and O–H groups in total. The predicted molar refractivity (Wildman–Crippen MR) is 131 cm³/mol. The summed E-state index contributed by atoms with van der Waals surface area (Å²) in [6, 6.07) is 0. The standard InChI is InChI=1S/C25H44O13/c1-24(2,37-13-20-12-34-23(29)38-20)21(28)14-32-9-18(7-8-19(31-6)11-33-16-26)10-36-25(3,4)22(15-30-5)35-17-27/h16-22,28H,7-15H2,1-6H3. The van der Waals surface area contributed by atoms with Gasteiger partial charge in [0.05, 0.1) is 44.7 Å². The van der Waals surface area contributed by atoms with Gasteiger partial charge in [0.1, 0.15) is 24.9 Å². The summed E-state index contributed by atoms with van der Waals surface area (Å²) in [6.45, 7) is 8.68. The largest absolute Gasteiger partial charge is 0.508 e. The molecule has 1 fully saturated rings. The Balaban J connectivity index is 2.69. The molecule has 1 aliphatic rings. The van der Waals surface area contributed by atoms with Crippen LogP contribution in [0.4, 0.5) is 4.79 Å². The van der Waals surface area contributed by atoms with Crippen molar-refractivity contribution in [2.24, 2.45) is 5.92 Å². The van der Waals surface area contributed by atoms with Gasteiger partial charge in [0.25, 0.3) is 12.9 Å². The Morgan fingerprint density at radius 3 is 2.29 bits per heavy atom. The number of hydrogen-bond acceptors (Lipinski definition) is 13. The maximum atomic E-state index is 11.1. The van der Waals surface area contributed by atoms with E-state index in [2.05, 4.69) is 0 Å². The molecule has 0 saturated carbocycles. The zero-order valence-corrected chi connectivity index (χ0v) is 23.3. The Morgan fingerprint density at radius 1 is 0.974 bits per heavy atom. The highest BCUT2D eigenvalue weighted by Gasteiger charge is 2.35. The maximum absolute atomic E-state index is 11.1. The highest BCUT2D eigenvalue weighted by Crippen LogP contribution is 2.23. The van der Waals surface area contributed by atoms with Crippen molar-refractivity contribution in [3.8, 4) is 0 Å². The summed E-state index contributed by atoms with van der Waals surface area (Å²) in [5.41, 5.74) is -1.82. The molecule has 1 heterocycles. The lowest BCUT2D eigenvalue weighted by Crippen LogP contribution is -2.45. The number of carbonyl (C=O) groups is 3. The first-order chi connectivity index (χ1) is 18.0. The normalized spacial score (nSPS) is 19.1. The first-order valence-electron chi connectivity index (χ1n) is 12.5. The molecular formula is C25H44O13. The molecule has 1 saturated heterocycles. The Kier molecular flexibility index (Phi) is 15.7. The Morgan fingerprint density at radius 2 is 1.71 bits per heavy atom. The van der Waals surface area contributed by atoms with Crippen molar-refractivity contribution < 1.29 is 62.1 Å². The van der Waals surface area contributed by atoms with Gasteiger partial charge in [-0.15, -0.1) is 0 Å². The monoisotopic (exact) mass is 552 g/mol. The number of methoxy groups -OCH3 is 2. The fourth-order valence-electron chi connectivity index (χ4n) is 3.50. The minimum atomic E-state index is -0.976. The lowest BCUT2D eigenvalue weighted by molar-refractivity contribution is -0.168. The second-order valence-corrected chi connectivity index (χ2v) is 10.1. The van der Waals surface area contributed by atoms with Gasteiger partial charge in [-0.1, -0.05) is 0 Å². The van der Waals surface area contributed by atoms with Gasteiger partial charge in [0, 0.05) is 20.1 Å². The number of ether oxygens (including phenoxy) is 9. The first-order valence-corrected chi connectivity index (χ1v) is 12.5. The van der Waals surface area contributed by atoms with Crippen LogP contribution in [-0.4, -0.2) is 120 Å². The summed E-state index contributed by atoms with van der Waals surface area (Å²) < 4.78 is 47.9. The van der Waals surface area contributed by atoms with Crippen LogP contribution in [0.2, 0.25) is 0 Å². The summed E-state index contributed by atoms with van der Waals surface area (Å²) in [4.78, 5) is 32.5. The molecule has 1 rings (SSSR count). The quantitative estimate of drug-likeness (QED) is 0.110. The lowest BCUT2D eigenvalue weighted by Gasteiger charge is -2.34. The van der Waals surface area contributed by atoms with Crippen LogP contribution in [0.1, 0.15) is 40.5 Å². The summed E-state index contributed by atoms with van der Waals surface area (Å²) in [5, 5.41) is 10.7. The van der Waals surface area contributed by atoms with E-state index in [0.29, 0.717) is 25.8 Å². The third-order valence-electron chi connectivity index (χ3n) is 6.31. The second kappa shape index (κ2) is 17.5. The molecule has 222 valence electrons. The van der Waals surface area contributed by atoms with Crippen molar-refractivity contribution >= 4 is 19.1 Å². The van der Waals surface area contributed by atoms with Crippen molar-refractivity contribution in [3.63, 3.8) is 0 Å². The van der Waals surface area contributed by atoms with Gasteiger partial charge in [0.15, 0.2) is 12.2 Å². The molecule has 38 heavy (non-hydrogen) atoms. The molecule has 13 heteroatoms. The number of carbonyl (C=O) groups excluding carboxylic acids is 3. The predicted octanol–water partition coefficient (Wildman–Crippen LogP) is 1.26. The van der Waals surface area contributed by atoms with E-state index >= 15 is 0 Å². The van der Waals surface area contributed by atoms with E-state index in [1.165, 1.54) is 14.2 Å². The van der Waals surface area contributed by atoms with E-state index in [-0.39, 0.29) is 58.3 Å². The Bertz CT molecular complexity index is 684. The highest BCUT2D eigenvalue weighted by molar-refractivity contribution is 5.61. The summed E-state index contributed by atoms with van der Waals surface area (Å²) >= 11 is 0. The van der Waals surface area contributed by atoms with Crippen LogP contribution in [0.3, 0.4) is 0 Å². The van der Waals surface area contributed by atoms with Crippen LogP contribution in [0.25, 0.3) is 0 Å². The Hall–Kier alpha value is -2.03. The highest BCUT2D eigenvalue weighted by atomic mass is 16.8. The smallest absolute Gasteiger partial charge is 0.465 e. The number of aliphatic hydroxyl groups is 1. The van der Waals surface area contributed by atoms with Crippen molar-refractivity contribution in [1.82, 2.24) is 0 Å². The molecule has 5 atom stereocenters.